The zero-order chi connectivity index (χ0) is 17.6. The fourth-order valence-electron chi connectivity index (χ4n) is 2.71. The van der Waals surface area contributed by atoms with Gasteiger partial charge in [0.1, 0.15) is 0 Å². The van der Waals surface area contributed by atoms with Gasteiger partial charge in [-0.25, -0.2) is 8.42 Å². The molecule has 3 rings (SSSR count). The zero-order valence-electron chi connectivity index (χ0n) is 14.0. The molecule has 4 nitrogen and oxygen atoms in total. The van der Waals surface area contributed by atoms with Crippen molar-refractivity contribution in [2.24, 2.45) is 0 Å². The molecule has 2 aliphatic heterocycles. The summed E-state index contributed by atoms with van der Waals surface area (Å²) < 4.78 is 26.2. The van der Waals surface area contributed by atoms with Crippen LogP contribution in [-0.2, 0) is 10.0 Å². The number of halogens is 2. The second kappa shape index (κ2) is 9.67. The van der Waals surface area contributed by atoms with Gasteiger partial charge in [0, 0.05) is 22.7 Å². The van der Waals surface area contributed by atoms with Crippen molar-refractivity contribution in [2.75, 3.05) is 26.2 Å². The standard InChI is InChI=1S/C12H16BrNO2S.C5H10BrN/c1-10-2-4-12(5-3-10)17(15,16)14-8-6-11(13)7-9-14;6-5-1-3-7-4-2-5/h2-5,11H,6-9H2,1H3;5,7H,1-4H2. The van der Waals surface area contributed by atoms with E-state index in [2.05, 4.69) is 37.2 Å². The molecule has 0 bridgehead atoms. The quantitative estimate of drug-likeness (QED) is 0.655. The van der Waals surface area contributed by atoms with Crippen molar-refractivity contribution < 1.29 is 8.42 Å². The molecule has 1 aromatic rings. The van der Waals surface area contributed by atoms with E-state index >= 15 is 0 Å². The van der Waals surface area contributed by atoms with E-state index < -0.39 is 10.0 Å². The van der Waals surface area contributed by atoms with Crippen LogP contribution in [-0.4, -0.2) is 48.6 Å². The number of rotatable bonds is 2. The van der Waals surface area contributed by atoms with Crippen LogP contribution in [0.4, 0.5) is 0 Å². The minimum Gasteiger partial charge on any atom is -0.317 e. The first-order valence-electron chi connectivity index (χ1n) is 8.45. The lowest BCUT2D eigenvalue weighted by Crippen LogP contribution is -2.38. The van der Waals surface area contributed by atoms with E-state index in [0.717, 1.165) is 23.2 Å². The van der Waals surface area contributed by atoms with E-state index in [-0.39, 0.29) is 0 Å². The van der Waals surface area contributed by atoms with Crippen LogP contribution in [0, 0.1) is 6.92 Å². The van der Waals surface area contributed by atoms with Crippen LogP contribution in [0.15, 0.2) is 29.2 Å². The maximum absolute atomic E-state index is 12.3. The summed E-state index contributed by atoms with van der Waals surface area (Å²) in [6.07, 6.45) is 4.34. The average Bonchev–Trinajstić information content (AvgIpc) is 2.57. The van der Waals surface area contributed by atoms with Gasteiger partial charge in [0.2, 0.25) is 10.0 Å². The third kappa shape index (κ3) is 6.09. The molecule has 0 saturated carbocycles. The van der Waals surface area contributed by atoms with Gasteiger partial charge >= 0.3 is 0 Å². The third-order valence-corrected chi connectivity index (χ3v) is 8.06. The van der Waals surface area contributed by atoms with Crippen molar-refractivity contribution in [1.82, 2.24) is 9.62 Å². The van der Waals surface area contributed by atoms with Gasteiger partial charge in [-0.2, -0.15) is 4.31 Å². The minimum absolute atomic E-state index is 0.399. The molecule has 2 saturated heterocycles. The summed E-state index contributed by atoms with van der Waals surface area (Å²) in [7, 11) is -3.29. The Balaban J connectivity index is 0.000000249. The highest BCUT2D eigenvalue weighted by atomic mass is 79.9. The first-order valence-corrected chi connectivity index (χ1v) is 11.7. The summed E-state index contributed by atoms with van der Waals surface area (Å²) in [5.41, 5.74) is 1.07. The normalized spacial score (nSPS) is 21.1. The molecular weight excluding hydrogens is 456 g/mol. The summed E-state index contributed by atoms with van der Waals surface area (Å²) in [6, 6.07) is 7.05. The Labute approximate surface area is 162 Å². The fraction of sp³-hybridized carbons (Fsp3) is 0.647. The number of benzene rings is 1. The molecular formula is C17H26Br2N2O2S. The van der Waals surface area contributed by atoms with Gasteiger partial charge in [0.25, 0.3) is 0 Å². The maximum atomic E-state index is 12.3. The van der Waals surface area contributed by atoms with Crippen LogP contribution in [0.25, 0.3) is 0 Å². The molecule has 0 spiro atoms. The molecule has 0 aromatic heterocycles. The number of hydrogen-bond donors (Lipinski definition) is 1. The maximum Gasteiger partial charge on any atom is 0.243 e. The number of nitrogens with zero attached hydrogens (tertiary/aromatic N) is 1. The monoisotopic (exact) mass is 480 g/mol. The second-order valence-corrected chi connectivity index (χ2v) is 10.8. The van der Waals surface area contributed by atoms with Gasteiger partial charge < -0.3 is 5.32 Å². The Hall–Kier alpha value is 0.0500. The molecule has 24 heavy (non-hydrogen) atoms. The number of aryl methyl sites for hydroxylation is 1. The summed E-state index contributed by atoms with van der Waals surface area (Å²) in [4.78, 5) is 1.64. The van der Waals surface area contributed by atoms with Crippen molar-refractivity contribution in [3.05, 3.63) is 29.8 Å². The molecule has 0 amide bonds. The number of sulfonamides is 1. The Bertz CT molecular complexity index is 594. The molecule has 2 fully saturated rings. The summed E-state index contributed by atoms with van der Waals surface area (Å²) in [5, 5.41) is 3.29. The van der Waals surface area contributed by atoms with Crippen molar-refractivity contribution in [2.45, 2.75) is 47.2 Å². The van der Waals surface area contributed by atoms with Crippen LogP contribution in [0.1, 0.15) is 31.2 Å². The summed E-state index contributed by atoms with van der Waals surface area (Å²) in [5.74, 6) is 0. The molecule has 0 unspecified atom stereocenters. The number of alkyl halides is 2. The molecule has 136 valence electrons. The van der Waals surface area contributed by atoms with Crippen LogP contribution < -0.4 is 5.32 Å². The van der Waals surface area contributed by atoms with E-state index in [1.54, 1.807) is 16.4 Å². The lowest BCUT2D eigenvalue weighted by molar-refractivity contribution is 0.354. The summed E-state index contributed by atoms with van der Waals surface area (Å²) in [6.45, 7) is 5.54. The molecule has 2 heterocycles. The first-order chi connectivity index (χ1) is 11.4. The molecule has 7 heteroatoms. The lowest BCUT2D eigenvalue weighted by Gasteiger charge is -2.28. The number of nitrogens with one attached hydrogen (secondary N) is 1. The number of piperidine rings is 2. The summed E-state index contributed by atoms with van der Waals surface area (Å²) >= 11 is 7.07. The topological polar surface area (TPSA) is 49.4 Å². The Kier molecular flexibility index (Phi) is 8.20. The molecule has 0 aliphatic carbocycles. The van der Waals surface area contributed by atoms with E-state index in [0.29, 0.717) is 22.8 Å². The van der Waals surface area contributed by atoms with E-state index in [4.69, 9.17) is 0 Å². The van der Waals surface area contributed by atoms with Gasteiger partial charge in [-0.15, -0.1) is 0 Å². The van der Waals surface area contributed by atoms with E-state index in [1.807, 2.05) is 19.1 Å². The van der Waals surface area contributed by atoms with Crippen LogP contribution in [0.3, 0.4) is 0 Å². The highest BCUT2D eigenvalue weighted by Crippen LogP contribution is 2.23. The van der Waals surface area contributed by atoms with Crippen LogP contribution in [0.5, 0.6) is 0 Å². The highest BCUT2D eigenvalue weighted by molar-refractivity contribution is 9.09. The average molecular weight is 482 g/mol. The first kappa shape index (κ1) is 20.4. The largest absolute Gasteiger partial charge is 0.317 e. The predicted molar refractivity (Wildman–Crippen MR) is 107 cm³/mol. The van der Waals surface area contributed by atoms with Crippen molar-refractivity contribution in [1.29, 1.82) is 0 Å². The second-order valence-electron chi connectivity index (χ2n) is 6.32. The zero-order valence-corrected chi connectivity index (χ0v) is 18.0. The van der Waals surface area contributed by atoms with Gasteiger partial charge in [-0.05, 0) is 57.8 Å². The van der Waals surface area contributed by atoms with E-state index in [1.165, 1.54) is 25.9 Å². The number of hydrogen-bond acceptors (Lipinski definition) is 3. The van der Waals surface area contributed by atoms with E-state index in [9.17, 15) is 8.42 Å². The molecule has 1 N–H and O–H groups in total. The van der Waals surface area contributed by atoms with Gasteiger partial charge in [-0.1, -0.05) is 49.6 Å². The lowest BCUT2D eigenvalue weighted by atomic mass is 10.2. The van der Waals surface area contributed by atoms with Gasteiger partial charge in [0.15, 0.2) is 0 Å². The molecule has 0 radical (unpaired) electrons. The van der Waals surface area contributed by atoms with Gasteiger partial charge in [0.05, 0.1) is 4.90 Å². The Morgan fingerprint density at radius 3 is 1.92 bits per heavy atom. The molecule has 0 atom stereocenters. The Morgan fingerprint density at radius 1 is 0.958 bits per heavy atom. The van der Waals surface area contributed by atoms with Crippen molar-refractivity contribution >= 4 is 41.9 Å². The van der Waals surface area contributed by atoms with Gasteiger partial charge in [-0.3, -0.25) is 0 Å². The molecule has 1 aromatic carbocycles. The highest BCUT2D eigenvalue weighted by Gasteiger charge is 2.28. The predicted octanol–water partition coefficient (Wildman–Crippen LogP) is 3.68. The molecule has 2 aliphatic rings. The SMILES string of the molecule is BrC1CCNCC1.Cc1ccc(S(=O)(=O)N2CCC(Br)CC2)cc1. The van der Waals surface area contributed by atoms with Crippen molar-refractivity contribution in [3.63, 3.8) is 0 Å². The van der Waals surface area contributed by atoms with Crippen LogP contribution >= 0.6 is 31.9 Å². The van der Waals surface area contributed by atoms with Crippen molar-refractivity contribution in [3.8, 4) is 0 Å². The third-order valence-electron chi connectivity index (χ3n) is 4.31. The Morgan fingerprint density at radius 2 is 1.46 bits per heavy atom. The minimum atomic E-state index is -3.29. The van der Waals surface area contributed by atoms with Crippen LogP contribution in [0.2, 0.25) is 0 Å². The fourth-order valence-corrected chi connectivity index (χ4v) is 5.05. The smallest absolute Gasteiger partial charge is 0.243 e.